The molecule has 0 saturated heterocycles. The zero-order valence-corrected chi connectivity index (χ0v) is 34.2. The molecule has 0 heterocycles. The third-order valence-electron chi connectivity index (χ3n) is 8.41. The lowest BCUT2D eigenvalue weighted by Crippen LogP contribution is -2.29. The maximum absolute atomic E-state index is 12.4. The van der Waals surface area contributed by atoms with Gasteiger partial charge >= 0.3 is 19.8 Å². The second-order valence-electron chi connectivity index (χ2n) is 13.7. The molecule has 11 heteroatoms. The first-order valence-corrected chi connectivity index (χ1v) is 22.0. The molecule has 0 rings (SSSR count). The average Bonchev–Trinajstić information content (AvgIpc) is 3.13. The molecular formula is C43H73O10P. The van der Waals surface area contributed by atoms with Crippen LogP contribution in [-0.4, -0.2) is 63.5 Å². The minimum atomic E-state index is -4.81. The lowest BCUT2D eigenvalue weighted by molar-refractivity contribution is -0.161. The smallest absolute Gasteiger partial charge is 0.462 e. The number of aliphatic hydroxyl groups excluding tert-OH is 2. The molecule has 0 spiro atoms. The van der Waals surface area contributed by atoms with Crippen molar-refractivity contribution in [3.63, 3.8) is 0 Å². The molecule has 10 nitrogen and oxygen atoms in total. The number of carbonyl (C=O) groups is 2. The van der Waals surface area contributed by atoms with Gasteiger partial charge in [-0.3, -0.25) is 14.1 Å². The Labute approximate surface area is 326 Å². The van der Waals surface area contributed by atoms with Crippen LogP contribution in [-0.2, 0) is 28.2 Å². The maximum Gasteiger partial charge on any atom is 0.469 e. The molecular weight excluding hydrogens is 707 g/mol. The minimum Gasteiger partial charge on any atom is -0.462 e. The third-order valence-corrected chi connectivity index (χ3v) is 8.89. The van der Waals surface area contributed by atoms with Gasteiger partial charge in [-0.25, -0.2) is 4.57 Å². The summed E-state index contributed by atoms with van der Waals surface area (Å²) < 4.78 is 26.2. The summed E-state index contributed by atoms with van der Waals surface area (Å²) in [6.45, 7) is 3.35. The van der Waals surface area contributed by atoms with E-state index in [1.54, 1.807) is 18.2 Å². The largest absolute Gasteiger partial charge is 0.469 e. The monoisotopic (exact) mass is 780 g/mol. The van der Waals surface area contributed by atoms with Crippen LogP contribution in [0, 0.1) is 0 Å². The molecule has 310 valence electrons. The fraction of sp³-hybridized carbons (Fsp3) is 0.674. The Morgan fingerprint density at radius 1 is 0.574 bits per heavy atom. The highest BCUT2D eigenvalue weighted by Gasteiger charge is 2.23. The molecule has 54 heavy (non-hydrogen) atoms. The van der Waals surface area contributed by atoms with E-state index in [9.17, 15) is 24.4 Å². The summed E-state index contributed by atoms with van der Waals surface area (Å²) in [5.41, 5.74) is 0. The highest BCUT2D eigenvalue weighted by atomic mass is 31.2. The quantitative estimate of drug-likeness (QED) is 0.0158. The molecule has 0 saturated carbocycles. The van der Waals surface area contributed by atoms with Gasteiger partial charge in [0.1, 0.15) is 6.61 Å². The van der Waals surface area contributed by atoms with Gasteiger partial charge in [-0.2, -0.15) is 0 Å². The van der Waals surface area contributed by atoms with Gasteiger partial charge in [0.05, 0.1) is 18.8 Å². The number of carbonyl (C=O) groups excluding carboxylic acids is 2. The maximum atomic E-state index is 12.4. The van der Waals surface area contributed by atoms with Crippen LogP contribution in [0.2, 0.25) is 0 Å². The number of hydrogen-bond donors (Lipinski definition) is 4. The van der Waals surface area contributed by atoms with E-state index in [0.29, 0.717) is 25.7 Å². The zero-order valence-electron chi connectivity index (χ0n) is 33.3. The molecule has 0 radical (unpaired) electrons. The van der Waals surface area contributed by atoms with Gasteiger partial charge in [0.15, 0.2) is 6.10 Å². The summed E-state index contributed by atoms with van der Waals surface area (Å²) >= 11 is 0. The lowest BCUT2D eigenvalue weighted by Gasteiger charge is -2.18. The molecule has 0 unspecified atom stereocenters. The zero-order chi connectivity index (χ0) is 40.0. The van der Waals surface area contributed by atoms with E-state index in [1.165, 1.54) is 38.5 Å². The van der Waals surface area contributed by atoms with Crippen LogP contribution in [0.15, 0.2) is 72.9 Å². The van der Waals surface area contributed by atoms with Gasteiger partial charge in [-0.15, -0.1) is 0 Å². The Morgan fingerprint density at radius 3 is 1.67 bits per heavy atom. The number of phosphoric ester groups is 1. The highest BCUT2D eigenvalue weighted by molar-refractivity contribution is 7.46. The van der Waals surface area contributed by atoms with E-state index in [-0.39, 0.29) is 12.8 Å². The van der Waals surface area contributed by atoms with Crippen LogP contribution < -0.4 is 0 Å². The molecule has 0 fully saturated rings. The molecule has 4 N–H and O–H groups in total. The number of aliphatic hydroxyl groups is 2. The van der Waals surface area contributed by atoms with Crippen molar-refractivity contribution in [2.45, 2.75) is 173 Å². The highest BCUT2D eigenvalue weighted by Crippen LogP contribution is 2.36. The van der Waals surface area contributed by atoms with Crippen molar-refractivity contribution < 1.29 is 48.2 Å². The number of ether oxygens (including phenoxy) is 2. The minimum absolute atomic E-state index is 0.0138. The van der Waals surface area contributed by atoms with Crippen molar-refractivity contribution in [2.24, 2.45) is 0 Å². The topological polar surface area (TPSA) is 160 Å². The number of hydrogen-bond acceptors (Lipinski definition) is 8. The standard InChI is InChI=1S/C43H73O10P/c1-3-5-7-8-9-10-11-12-13-14-15-16-17-18-22-25-29-35-43(47)53-41(38-52-54(48,49)50)37-51-42(46)36-30-34-40(45)33-28-24-21-19-20-23-27-32-39(44)31-26-6-4-2/h9-10,12-13,20-21,23-24,27-28,32-33,39-41,44-45H,3-8,11,14-19,22,25-26,29-31,34-38H2,1-2H3,(H2,48,49,50)/b10-9-,13-12-,23-20-,24-21-,32-27+,33-28+/t39-,40-,41+/m0/s1. The summed E-state index contributed by atoms with van der Waals surface area (Å²) in [6.07, 6.45) is 41.2. The Balaban J connectivity index is 4.20. The van der Waals surface area contributed by atoms with E-state index in [1.807, 2.05) is 30.4 Å². The number of esters is 2. The molecule has 0 aromatic carbocycles. The van der Waals surface area contributed by atoms with Gasteiger partial charge in [-0.05, 0) is 64.2 Å². The number of phosphoric acid groups is 1. The van der Waals surface area contributed by atoms with Gasteiger partial charge in [0.2, 0.25) is 0 Å². The van der Waals surface area contributed by atoms with Gasteiger partial charge in [0, 0.05) is 12.8 Å². The first-order chi connectivity index (χ1) is 26.1. The van der Waals surface area contributed by atoms with Crippen molar-refractivity contribution >= 4 is 19.8 Å². The lowest BCUT2D eigenvalue weighted by atomic mass is 10.1. The second kappa shape index (κ2) is 37.3. The van der Waals surface area contributed by atoms with Crippen molar-refractivity contribution in [1.29, 1.82) is 0 Å². The molecule has 0 aromatic heterocycles. The Hall–Kier alpha value is -2.59. The van der Waals surface area contributed by atoms with Crippen LogP contribution in [0.25, 0.3) is 0 Å². The third kappa shape index (κ3) is 39.1. The van der Waals surface area contributed by atoms with Crippen molar-refractivity contribution in [3.8, 4) is 0 Å². The van der Waals surface area contributed by atoms with Crippen molar-refractivity contribution in [3.05, 3.63) is 72.9 Å². The predicted octanol–water partition coefficient (Wildman–Crippen LogP) is 10.2. The fourth-order valence-electron chi connectivity index (χ4n) is 5.26. The number of unbranched alkanes of at least 4 members (excludes halogenated alkanes) is 12. The normalized spacial score (nSPS) is 14.4. The Bertz CT molecular complexity index is 1140. The predicted molar refractivity (Wildman–Crippen MR) is 219 cm³/mol. The fourth-order valence-corrected chi connectivity index (χ4v) is 5.62. The van der Waals surface area contributed by atoms with Crippen LogP contribution in [0.5, 0.6) is 0 Å². The molecule has 0 aromatic rings. The van der Waals surface area contributed by atoms with Crippen LogP contribution in [0.3, 0.4) is 0 Å². The van der Waals surface area contributed by atoms with E-state index in [4.69, 9.17) is 19.3 Å². The summed E-state index contributed by atoms with van der Waals surface area (Å²) in [5, 5.41) is 20.0. The molecule has 0 aliphatic rings. The van der Waals surface area contributed by atoms with Crippen LogP contribution in [0.1, 0.15) is 155 Å². The van der Waals surface area contributed by atoms with E-state index < -0.39 is 51.3 Å². The van der Waals surface area contributed by atoms with Gasteiger partial charge in [-0.1, -0.05) is 151 Å². The molecule has 3 atom stereocenters. The molecule has 0 amide bonds. The second-order valence-corrected chi connectivity index (χ2v) is 14.9. The van der Waals surface area contributed by atoms with E-state index in [0.717, 1.165) is 64.2 Å². The van der Waals surface area contributed by atoms with Gasteiger partial charge in [0.25, 0.3) is 0 Å². The number of allylic oxidation sites excluding steroid dienone is 10. The van der Waals surface area contributed by atoms with Crippen molar-refractivity contribution in [1.82, 2.24) is 0 Å². The first-order valence-electron chi connectivity index (χ1n) is 20.4. The Kier molecular flexibility index (Phi) is 35.5. The molecule has 0 aliphatic heterocycles. The van der Waals surface area contributed by atoms with Crippen LogP contribution in [0.4, 0.5) is 0 Å². The average molecular weight is 781 g/mol. The van der Waals surface area contributed by atoms with Crippen LogP contribution >= 0.6 is 7.82 Å². The molecule has 0 aliphatic carbocycles. The van der Waals surface area contributed by atoms with E-state index in [2.05, 4.69) is 42.7 Å². The number of rotatable bonds is 36. The summed E-state index contributed by atoms with van der Waals surface area (Å²) in [6, 6.07) is 0. The summed E-state index contributed by atoms with van der Waals surface area (Å²) in [5.74, 6) is -1.13. The summed E-state index contributed by atoms with van der Waals surface area (Å²) in [4.78, 5) is 42.8. The SMILES string of the molecule is CCCCC/C=C\C/C=C\CCCCCCCCCC(=O)O[C@H](COC(=O)CCC[C@@H](O)/C=C/C=C\C/C=C\C=C\[C@@H](O)CCCCC)COP(=O)(O)O. The Morgan fingerprint density at radius 2 is 1.07 bits per heavy atom. The molecule has 0 bridgehead atoms. The van der Waals surface area contributed by atoms with Crippen molar-refractivity contribution in [2.75, 3.05) is 13.2 Å². The van der Waals surface area contributed by atoms with Gasteiger partial charge < -0.3 is 29.5 Å². The summed E-state index contributed by atoms with van der Waals surface area (Å²) in [7, 11) is -4.81. The van der Waals surface area contributed by atoms with E-state index >= 15 is 0 Å². The first kappa shape index (κ1) is 51.4.